The minimum Gasteiger partial charge on any atom is -0.274 e. The summed E-state index contributed by atoms with van der Waals surface area (Å²) >= 11 is 9.75. The van der Waals surface area contributed by atoms with Gasteiger partial charge in [0.15, 0.2) is 0 Å². The zero-order valence-electron chi connectivity index (χ0n) is 20.4. The Hall–Kier alpha value is -2.52. The van der Waals surface area contributed by atoms with E-state index in [2.05, 4.69) is 15.9 Å². The molecule has 188 valence electrons. The normalized spacial score (nSPS) is 16.3. The van der Waals surface area contributed by atoms with Gasteiger partial charge in [0, 0.05) is 16.0 Å². The van der Waals surface area contributed by atoms with E-state index < -0.39 is 27.9 Å². The van der Waals surface area contributed by atoms with Crippen LogP contribution in [0, 0.1) is 27.7 Å². The van der Waals surface area contributed by atoms with E-state index in [4.69, 9.17) is 11.6 Å². The molecule has 6 nitrogen and oxygen atoms in total. The van der Waals surface area contributed by atoms with Crippen molar-refractivity contribution in [3.63, 3.8) is 0 Å². The van der Waals surface area contributed by atoms with Crippen molar-refractivity contribution in [2.75, 3.05) is 4.90 Å². The SMILES string of the molecule is Cc1cc(C)c(C)c(S(=O)(=O)N(Cc2ccccc2Cl)C2CC(=O)N(c3ccc(Br)cc3)C2=O)c1C. The third-order valence-corrected chi connectivity index (χ3v) is 9.73. The van der Waals surface area contributed by atoms with Crippen LogP contribution in [0.15, 0.2) is 64.0 Å². The van der Waals surface area contributed by atoms with Crippen molar-refractivity contribution in [1.82, 2.24) is 4.31 Å². The molecule has 0 aliphatic carbocycles. The van der Waals surface area contributed by atoms with E-state index in [1.54, 1.807) is 62.4 Å². The number of anilines is 1. The van der Waals surface area contributed by atoms with Crippen molar-refractivity contribution >= 4 is 55.1 Å². The smallest absolute Gasteiger partial charge is 0.252 e. The van der Waals surface area contributed by atoms with Crippen LogP contribution in [-0.2, 0) is 26.2 Å². The van der Waals surface area contributed by atoms with Crippen molar-refractivity contribution in [1.29, 1.82) is 0 Å². The van der Waals surface area contributed by atoms with Gasteiger partial charge in [0.05, 0.1) is 17.0 Å². The van der Waals surface area contributed by atoms with Crippen LogP contribution in [0.25, 0.3) is 0 Å². The average Bonchev–Trinajstić information content (AvgIpc) is 3.11. The summed E-state index contributed by atoms with van der Waals surface area (Å²) in [4.78, 5) is 27.9. The molecule has 1 aliphatic heterocycles. The summed E-state index contributed by atoms with van der Waals surface area (Å²) in [7, 11) is -4.21. The Morgan fingerprint density at radius 2 is 1.56 bits per heavy atom. The lowest BCUT2D eigenvalue weighted by Crippen LogP contribution is -2.45. The number of rotatable bonds is 6. The van der Waals surface area contributed by atoms with Gasteiger partial charge in [-0.1, -0.05) is 51.8 Å². The first kappa shape index (κ1) is 26.5. The summed E-state index contributed by atoms with van der Waals surface area (Å²) in [5.41, 5.74) is 3.83. The molecule has 2 amide bonds. The van der Waals surface area contributed by atoms with Crippen LogP contribution in [0.4, 0.5) is 5.69 Å². The molecule has 3 aromatic rings. The Morgan fingerprint density at radius 1 is 0.972 bits per heavy atom. The number of benzene rings is 3. The average molecular weight is 590 g/mol. The number of nitrogens with zero attached hydrogens (tertiary/aromatic N) is 2. The Labute approximate surface area is 225 Å². The molecule has 1 fully saturated rings. The molecule has 1 saturated heterocycles. The number of sulfonamides is 1. The molecule has 0 radical (unpaired) electrons. The van der Waals surface area contributed by atoms with E-state index in [0.717, 1.165) is 24.8 Å². The number of carbonyl (C=O) groups excluding carboxylic acids is 2. The highest BCUT2D eigenvalue weighted by Gasteiger charge is 2.47. The van der Waals surface area contributed by atoms with E-state index in [9.17, 15) is 18.0 Å². The lowest BCUT2D eigenvalue weighted by molar-refractivity contribution is -0.122. The van der Waals surface area contributed by atoms with Crippen LogP contribution in [0.3, 0.4) is 0 Å². The number of imide groups is 1. The zero-order valence-corrected chi connectivity index (χ0v) is 23.5. The quantitative estimate of drug-likeness (QED) is 0.338. The van der Waals surface area contributed by atoms with Crippen molar-refractivity contribution in [3.05, 3.63) is 91.9 Å². The summed E-state index contributed by atoms with van der Waals surface area (Å²) in [6.07, 6.45) is -0.262. The predicted molar refractivity (Wildman–Crippen MR) is 145 cm³/mol. The summed E-state index contributed by atoms with van der Waals surface area (Å²) in [6.45, 7) is 7.10. The molecule has 4 rings (SSSR count). The highest BCUT2D eigenvalue weighted by Crippen LogP contribution is 2.35. The molecule has 1 heterocycles. The van der Waals surface area contributed by atoms with E-state index in [1.807, 2.05) is 19.9 Å². The molecule has 1 atom stereocenters. The highest BCUT2D eigenvalue weighted by molar-refractivity contribution is 9.10. The second-order valence-corrected chi connectivity index (χ2v) is 12.1. The minimum atomic E-state index is -4.21. The third kappa shape index (κ3) is 4.75. The van der Waals surface area contributed by atoms with Gasteiger partial charge in [-0.2, -0.15) is 4.31 Å². The second kappa shape index (κ2) is 10.1. The number of halogens is 2. The van der Waals surface area contributed by atoms with Gasteiger partial charge in [-0.3, -0.25) is 9.59 Å². The Bertz CT molecular complexity index is 1450. The van der Waals surface area contributed by atoms with Gasteiger partial charge in [-0.25, -0.2) is 13.3 Å². The fraction of sp³-hybridized carbons (Fsp3) is 0.259. The van der Waals surface area contributed by atoms with Crippen LogP contribution in [0.1, 0.15) is 34.2 Å². The van der Waals surface area contributed by atoms with Crippen molar-refractivity contribution < 1.29 is 18.0 Å². The first-order valence-electron chi connectivity index (χ1n) is 11.4. The standard InChI is InChI=1S/C27H26BrClN2O4S/c1-16-13-17(2)19(4)26(18(16)3)36(34,35)30(15-20-7-5-6-8-23(20)29)24-14-25(32)31(27(24)33)22-11-9-21(28)10-12-22/h5-13,24H,14-15H2,1-4H3. The lowest BCUT2D eigenvalue weighted by Gasteiger charge is -2.29. The van der Waals surface area contributed by atoms with Crippen molar-refractivity contribution in [2.24, 2.45) is 0 Å². The van der Waals surface area contributed by atoms with E-state index in [-0.39, 0.29) is 17.9 Å². The maximum atomic E-state index is 14.3. The Kier molecular flexibility index (Phi) is 7.44. The van der Waals surface area contributed by atoms with Gasteiger partial charge in [-0.05, 0) is 85.8 Å². The summed E-state index contributed by atoms with van der Waals surface area (Å²) in [5.74, 6) is -1.04. The lowest BCUT2D eigenvalue weighted by atomic mass is 10.0. The fourth-order valence-electron chi connectivity index (χ4n) is 4.54. The maximum absolute atomic E-state index is 14.3. The second-order valence-electron chi connectivity index (χ2n) is 8.99. The molecule has 0 saturated carbocycles. The van der Waals surface area contributed by atoms with Crippen LogP contribution in [-0.4, -0.2) is 30.6 Å². The van der Waals surface area contributed by atoms with Crippen molar-refractivity contribution in [2.45, 2.75) is 51.6 Å². The molecule has 1 unspecified atom stereocenters. The van der Waals surface area contributed by atoms with Gasteiger partial charge in [0.2, 0.25) is 15.9 Å². The van der Waals surface area contributed by atoms with Crippen LogP contribution >= 0.6 is 27.5 Å². The molecule has 0 spiro atoms. The van der Waals surface area contributed by atoms with Gasteiger partial charge in [-0.15, -0.1) is 0 Å². The van der Waals surface area contributed by atoms with Crippen LogP contribution < -0.4 is 4.90 Å². The molecule has 0 bridgehead atoms. The Balaban J connectivity index is 1.86. The fourth-order valence-corrected chi connectivity index (χ4v) is 7.14. The number of amides is 2. The number of hydrogen-bond donors (Lipinski definition) is 0. The largest absolute Gasteiger partial charge is 0.274 e. The molecule has 1 aliphatic rings. The van der Waals surface area contributed by atoms with Crippen LogP contribution in [0.2, 0.25) is 5.02 Å². The summed E-state index contributed by atoms with van der Waals surface area (Å²) < 4.78 is 30.6. The monoisotopic (exact) mass is 588 g/mol. The Morgan fingerprint density at radius 3 is 2.14 bits per heavy atom. The van der Waals surface area contributed by atoms with Crippen molar-refractivity contribution in [3.8, 4) is 0 Å². The van der Waals surface area contributed by atoms with E-state index >= 15 is 0 Å². The third-order valence-electron chi connectivity index (χ3n) is 6.70. The molecule has 0 N–H and O–H groups in total. The van der Waals surface area contributed by atoms with Gasteiger partial charge < -0.3 is 0 Å². The molecule has 0 aromatic heterocycles. The first-order valence-corrected chi connectivity index (χ1v) is 14.0. The van der Waals surface area contributed by atoms with E-state index in [0.29, 0.717) is 27.4 Å². The van der Waals surface area contributed by atoms with Gasteiger partial charge >= 0.3 is 0 Å². The van der Waals surface area contributed by atoms with Gasteiger partial charge in [0.25, 0.3) is 5.91 Å². The number of carbonyl (C=O) groups is 2. The first-order chi connectivity index (χ1) is 16.9. The molecular weight excluding hydrogens is 564 g/mol. The van der Waals surface area contributed by atoms with Crippen LogP contribution in [0.5, 0.6) is 0 Å². The highest BCUT2D eigenvalue weighted by atomic mass is 79.9. The maximum Gasteiger partial charge on any atom is 0.252 e. The number of hydrogen-bond acceptors (Lipinski definition) is 4. The molecule has 36 heavy (non-hydrogen) atoms. The topological polar surface area (TPSA) is 74.8 Å². The summed E-state index contributed by atoms with van der Waals surface area (Å²) in [5, 5.41) is 0.383. The van der Waals surface area contributed by atoms with Gasteiger partial charge in [0.1, 0.15) is 6.04 Å². The van der Waals surface area contributed by atoms with E-state index in [1.165, 1.54) is 0 Å². The molecule has 3 aromatic carbocycles. The molecular formula is C27H26BrClN2O4S. The summed E-state index contributed by atoms with van der Waals surface area (Å²) in [6, 6.07) is 14.4. The minimum absolute atomic E-state index is 0.147. The molecule has 9 heteroatoms. The zero-order chi connectivity index (χ0) is 26.4. The number of aryl methyl sites for hydroxylation is 2. The predicted octanol–water partition coefficient (Wildman–Crippen LogP) is 5.86.